The Kier molecular flexibility index (Phi) is 12.0. The van der Waals surface area contributed by atoms with Gasteiger partial charge in [-0.15, -0.1) is 0 Å². The highest BCUT2D eigenvalue weighted by molar-refractivity contribution is 5.98. The lowest BCUT2D eigenvalue weighted by molar-refractivity contribution is -0.152. The molecule has 0 spiro atoms. The minimum atomic E-state index is -0.984. The third-order valence-electron chi connectivity index (χ3n) is 5.87. The maximum Gasteiger partial charge on any atom is 0.328 e. The number of benzene rings is 1. The lowest BCUT2D eigenvalue weighted by atomic mass is 9.88. The number of hydrogen-bond acceptors (Lipinski definition) is 7. The van der Waals surface area contributed by atoms with Gasteiger partial charge in [0.05, 0.1) is 7.11 Å². The third-order valence-corrected chi connectivity index (χ3v) is 5.87. The minimum Gasteiger partial charge on any atom is -0.493 e. The number of pyridine rings is 1. The fraction of sp³-hybridized carbons (Fsp3) is 0.333. The molecule has 0 aliphatic rings. The summed E-state index contributed by atoms with van der Waals surface area (Å²) in [7, 11) is 1.38. The summed E-state index contributed by atoms with van der Waals surface area (Å²) in [5, 5.41) is 2.58. The van der Waals surface area contributed by atoms with Crippen LogP contribution in [0.25, 0.3) is 0 Å². The quantitative estimate of drug-likeness (QED) is 0.293. The van der Waals surface area contributed by atoms with E-state index < -0.39 is 30.0 Å². The van der Waals surface area contributed by atoms with E-state index in [2.05, 4.69) is 16.9 Å². The molecule has 8 nitrogen and oxygen atoms in total. The first-order valence-electron chi connectivity index (χ1n) is 12.4. The second kappa shape index (κ2) is 15.1. The molecule has 1 amide bonds. The molecule has 1 heterocycles. The van der Waals surface area contributed by atoms with Gasteiger partial charge in [0.1, 0.15) is 12.1 Å². The summed E-state index contributed by atoms with van der Waals surface area (Å²) in [6.07, 6.45) is 9.90. The first-order valence-corrected chi connectivity index (χ1v) is 12.4. The average molecular weight is 521 g/mol. The van der Waals surface area contributed by atoms with Crippen LogP contribution >= 0.6 is 0 Å². The van der Waals surface area contributed by atoms with Crippen LogP contribution < -0.4 is 14.8 Å². The largest absolute Gasteiger partial charge is 0.493 e. The molecule has 1 aromatic carbocycles. The van der Waals surface area contributed by atoms with Crippen LogP contribution in [0.1, 0.15) is 50.2 Å². The number of nitrogens with zero attached hydrogens (tertiary/aromatic N) is 1. The summed E-state index contributed by atoms with van der Waals surface area (Å²) in [4.78, 5) is 41.5. The molecule has 0 radical (unpaired) electrons. The van der Waals surface area contributed by atoms with Gasteiger partial charge >= 0.3 is 11.9 Å². The van der Waals surface area contributed by atoms with Crippen molar-refractivity contribution in [3.8, 4) is 11.5 Å². The van der Waals surface area contributed by atoms with Crippen molar-refractivity contribution in [1.82, 2.24) is 10.3 Å². The van der Waals surface area contributed by atoms with Crippen LogP contribution in [-0.4, -0.2) is 42.1 Å². The van der Waals surface area contributed by atoms with Crippen molar-refractivity contribution < 1.29 is 28.6 Å². The first kappa shape index (κ1) is 30.0. The Bertz CT molecular complexity index is 1170. The van der Waals surface area contributed by atoms with Crippen molar-refractivity contribution in [2.24, 2.45) is 5.92 Å². The lowest BCUT2D eigenvalue weighted by Gasteiger charge is -2.26. The molecule has 2 unspecified atom stereocenters. The molecule has 0 aliphatic heterocycles. The van der Waals surface area contributed by atoms with E-state index in [0.29, 0.717) is 12.8 Å². The zero-order valence-corrected chi connectivity index (χ0v) is 22.6. The first-order chi connectivity index (χ1) is 18.2. The van der Waals surface area contributed by atoms with E-state index in [1.165, 1.54) is 33.2 Å². The van der Waals surface area contributed by atoms with Gasteiger partial charge in [-0.05, 0) is 39.2 Å². The summed E-state index contributed by atoms with van der Waals surface area (Å²) in [5.41, 5.74) is 2.05. The van der Waals surface area contributed by atoms with Crippen LogP contribution in [0.15, 0.2) is 79.1 Å². The second-order valence-corrected chi connectivity index (χ2v) is 8.73. The van der Waals surface area contributed by atoms with Crippen LogP contribution in [0.5, 0.6) is 11.5 Å². The predicted molar refractivity (Wildman–Crippen MR) is 146 cm³/mol. The lowest BCUT2D eigenvalue weighted by Crippen LogP contribution is -2.42. The van der Waals surface area contributed by atoms with Crippen LogP contribution in [0.2, 0.25) is 0 Å². The molecular weight excluding hydrogens is 484 g/mol. The standard InChI is InChI=1S/C30H36N2O6/c1-7-9-13-23(8-2)18-25(19-24-14-11-10-12-15-24)21(4)37-30(35)20(3)32-29(34)27-28(38-22(5)33)26(36-6)16-17-31-27/h7-17,20-21,25H,1,18-19H2,2-6H3,(H,32,34)/b13-9-,23-8+/t20-,21?,25?/m0/s1. The van der Waals surface area contributed by atoms with Crippen molar-refractivity contribution in [2.75, 3.05) is 7.11 Å². The molecular formula is C30H36N2O6. The van der Waals surface area contributed by atoms with Gasteiger partial charge in [0.15, 0.2) is 11.4 Å². The van der Waals surface area contributed by atoms with E-state index in [1.54, 1.807) is 6.08 Å². The molecule has 8 heteroatoms. The van der Waals surface area contributed by atoms with Gasteiger partial charge in [0, 0.05) is 25.1 Å². The number of hydrogen-bond donors (Lipinski definition) is 1. The van der Waals surface area contributed by atoms with E-state index in [0.717, 1.165) is 11.1 Å². The van der Waals surface area contributed by atoms with Gasteiger partial charge in [-0.2, -0.15) is 0 Å². The normalized spacial score (nSPS) is 13.8. The highest BCUT2D eigenvalue weighted by atomic mass is 16.6. The van der Waals surface area contributed by atoms with E-state index in [9.17, 15) is 14.4 Å². The van der Waals surface area contributed by atoms with Gasteiger partial charge < -0.3 is 19.5 Å². The van der Waals surface area contributed by atoms with Gasteiger partial charge in [-0.1, -0.05) is 66.8 Å². The molecule has 2 rings (SSSR count). The number of allylic oxidation sites excluding steroid dienone is 5. The summed E-state index contributed by atoms with van der Waals surface area (Å²) >= 11 is 0. The van der Waals surface area contributed by atoms with Gasteiger partial charge in [0.2, 0.25) is 5.75 Å². The highest BCUT2D eigenvalue weighted by Gasteiger charge is 2.28. The van der Waals surface area contributed by atoms with E-state index in [1.807, 2.05) is 62.4 Å². The average Bonchev–Trinajstić information content (AvgIpc) is 2.90. The molecule has 0 bridgehead atoms. The number of rotatable bonds is 13. The van der Waals surface area contributed by atoms with Crippen molar-refractivity contribution in [2.45, 2.75) is 52.7 Å². The van der Waals surface area contributed by atoms with Crippen LogP contribution in [0, 0.1) is 5.92 Å². The fourth-order valence-electron chi connectivity index (χ4n) is 3.80. The van der Waals surface area contributed by atoms with Gasteiger partial charge in [0.25, 0.3) is 5.91 Å². The third kappa shape index (κ3) is 9.03. The monoisotopic (exact) mass is 520 g/mol. The molecule has 38 heavy (non-hydrogen) atoms. The number of nitrogens with one attached hydrogen (secondary N) is 1. The summed E-state index contributed by atoms with van der Waals surface area (Å²) in [5.74, 6) is -1.91. The number of methoxy groups -OCH3 is 1. The Morgan fingerprint density at radius 3 is 2.45 bits per heavy atom. The number of amides is 1. The Labute approximate surface area is 224 Å². The second-order valence-electron chi connectivity index (χ2n) is 8.73. The minimum absolute atomic E-state index is 0.0134. The number of aromatic nitrogens is 1. The molecule has 0 saturated carbocycles. The van der Waals surface area contributed by atoms with Gasteiger partial charge in [-0.25, -0.2) is 9.78 Å². The van der Waals surface area contributed by atoms with Crippen LogP contribution in [0.3, 0.4) is 0 Å². The Hall–Kier alpha value is -4.20. The van der Waals surface area contributed by atoms with Crippen molar-refractivity contribution in [3.63, 3.8) is 0 Å². The molecule has 0 saturated heterocycles. The zero-order valence-electron chi connectivity index (χ0n) is 22.6. The molecule has 1 N–H and O–H groups in total. The van der Waals surface area contributed by atoms with Crippen LogP contribution in [-0.2, 0) is 20.7 Å². The van der Waals surface area contributed by atoms with E-state index in [4.69, 9.17) is 14.2 Å². The van der Waals surface area contributed by atoms with Crippen molar-refractivity contribution >= 4 is 17.8 Å². The predicted octanol–water partition coefficient (Wildman–Crippen LogP) is 5.00. The maximum absolute atomic E-state index is 13.0. The molecule has 0 aliphatic carbocycles. The SMILES string of the molecule is C=C/C=C\C(=C/C)CC(Cc1ccccc1)C(C)OC(=O)[C@H](C)NC(=O)c1nccc(OC)c1OC(C)=O. The molecule has 1 aromatic heterocycles. The van der Waals surface area contributed by atoms with Gasteiger partial charge in [-0.3, -0.25) is 9.59 Å². The summed E-state index contributed by atoms with van der Waals surface area (Å²) in [6, 6.07) is 10.5. The maximum atomic E-state index is 13.0. The number of carbonyl (C=O) groups excluding carboxylic acids is 3. The number of carbonyl (C=O) groups is 3. The Morgan fingerprint density at radius 1 is 1.13 bits per heavy atom. The molecule has 0 fully saturated rings. The number of esters is 2. The smallest absolute Gasteiger partial charge is 0.328 e. The molecule has 202 valence electrons. The topological polar surface area (TPSA) is 104 Å². The van der Waals surface area contributed by atoms with E-state index >= 15 is 0 Å². The number of ether oxygens (including phenoxy) is 3. The Morgan fingerprint density at radius 2 is 1.84 bits per heavy atom. The molecule has 2 aromatic rings. The van der Waals surface area contributed by atoms with E-state index in [-0.39, 0.29) is 23.1 Å². The molecule has 3 atom stereocenters. The zero-order chi connectivity index (χ0) is 28.1. The van der Waals surface area contributed by atoms with Crippen molar-refractivity contribution in [1.29, 1.82) is 0 Å². The Balaban J connectivity index is 2.16. The van der Waals surface area contributed by atoms with Crippen LogP contribution in [0.4, 0.5) is 0 Å². The summed E-state index contributed by atoms with van der Waals surface area (Å²) < 4.78 is 16.1. The summed E-state index contributed by atoms with van der Waals surface area (Å²) in [6.45, 7) is 10.3. The van der Waals surface area contributed by atoms with Crippen molar-refractivity contribution in [3.05, 3.63) is 90.3 Å². The highest BCUT2D eigenvalue weighted by Crippen LogP contribution is 2.30. The fourth-order valence-corrected chi connectivity index (χ4v) is 3.80.